The molecule has 4 heterocycles. The van der Waals surface area contributed by atoms with Gasteiger partial charge in [0.2, 0.25) is 11.8 Å². The maximum absolute atomic E-state index is 12.3. The van der Waals surface area contributed by atoms with Gasteiger partial charge < -0.3 is 35.5 Å². The van der Waals surface area contributed by atoms with Crippen LogP contribution in [0.15, 0.2) is 104 Å². The van der Waals surface area contributed by atoms with Crippen molar-refractivity contribution in [1.29, 1.82) is 0 Å². The lowest BCUT2D eigenvalue weighted by molar-refractivity contribution is -0.132. The number of rotatable bonds is 19. The van der Waals surface area contributed by atoms with Crippen molar-refractivity contribution in [3.8, 4) is 33.9 Å². The van der Waals surface area contributed by atoms with E-state index >= 15 is 0 Å². The molecule has 7 aromatic rings. The molecule has 1 aliphatic carbocycles. The highest BCUT2D eigenvalue weighted by Crippen LogP contribution is 2.45. The number of para-hydroxylation sites is 1. The van der Waals surface area contributed by atoms with Crippen molar-refractivity contribution in [3.63, 3.8) is 0 Å². The van der Waals surface area contributed by atoms with Gasteiger partial charge in [0.05, 0.1) is 33.9 Å². The maximum atomic E-state index is 12.3. The Bertz CT molecular complexity index is 2780. The number of nitrogen functional groups attached to an aromatic ring is 1. The van der Waals surface area contributed by atoms with Crippen LogP contribution in [0, 0.1) is 0 Å². The number of unbranched alkanes of at least 4 members (excludes halogenated alkanes) is 5. The SMILES string of the molecule is Nc1ncnc2n[nH]c(-c3ccc(Oc4ccccc4)cc3)c12.O=C(CCCCCCCCC(=O)N1CCCCC1)NCCOC1(c2ccc(-c3cc4c(C(=O)O)c[nH]c4cc3Cl)cc2)CCC1. The van der Waals surface area contributed by atoms with Gasteiger partial charge in [-0.15, -0.1) is 0 Å². The summed E-state index contributed by atoms with van der Waals surface area (Å²) in [7, 11) is 0. The van der Waals surface area contributed by atoms with Gasteiger partial charge in [0.1, 0.15) is 23.6 Å². The summed E-state index contributed by atoms with van der Waals surface area (Å²) < 4.78 is 12.1. The number of aromatic carboxylic acids is 1. The number of nitrogens with one attached hydrogen (secondary N) is 3. The number of halogens is 1. The van der Waals surface area contributed by atoms with E-state index in [0.717, 1.165) is 129 Å². The number of benzene rings is 4. The van der Waals surface area contributed by atoms with Crippen LogP contribution in [0.1, 0.15) is 106 Å². The van der Waals surface area contributed by atoms with E-state index in [1.807, 2.05) is 77.7 Å². The predicted molar refractivity (Wildman–Crippen MR) is 266 cm³/mol. The number of aromatic nitrogens is 5. The Morgan fingerprint density at radius 2 is 1.50 bits per heavy atom. The first kappa shape index (κ1) is 47.7. The molecule has 2 fully saturated rings. The minimum Gasteiger partial charge on any atom is -0.478 e. The smallest absolute Gasteiger partial charge is 0.337 e. The van der Waals surface area contributed by atoms with E-state index in [-0.39, 0.29) is 17.1 Å². The Morgan fingerprint density at radius 3 is 2.21 bits per heavy atom. The summed E-state index contributed by atoms with van der Waals surface area (Å²) in [5, 5.41) is 21.5. The van der Waals surface area contributed by atoms with Crippen LogP contribution in [0.3, 0.4) is 0 Å². The van der Waals surface area contributed by atoms with Gasteiger partial charge in [-0.2, -0.15) is 5.10 Å². The Hall–Kier alpha value is -6.77. The molecule has 2 aliphatic rings. The normalized spacial score (nSPS) is 14.2. The van der Waals surface area contributed by atoms with Gasteiger partial charge in [0.15, 0.2) is 5.65 Å². The van der Waals surface area contributed by atoms with Crippen LogP contribution in [-0.4, -0.2) is 79.2 Å². The summed E-state index contributed by atoms with van der Waals surface area (Å²) in [6.45, 7) is 2.82. The molecule has 0 bridgehead atoms. The molecule has 0 spiro atoms. The molecule has 3 aromatic heterocycles. The Labute approximate surface area is 401 Å². The molecular weight excluding hydrogens is 880 g/mol. The van der Waals surface area contributed by atoms with E-state index in [1.54, 1.807) is 6.07 Å². The molecule has 354 valence electrons. The van der Waals surface area contributed by atoms with Gasteiger partial charge in [0.25, 0.3) is 0 Å². The lowest BCUT2D eigenvalue weighted by Crippen LogP contribution is -2.39. The number of carbonyl (C=O) groups excluding carboxylic acids is 2. The van der Waals surface area contributed by atoms with Crippen molar-refractivity contribution in [2.45, 2.75) is 95.5 Å². The third-order valence-electron chi connectivity index (χ3n) is 12.9. The molecule has 15 heteroatoms. The fourth-order valence-electron chi connectivity index (χ4n) is 9.01. The lowest BCUT2D eigenvalue weighted by atomic mass is 9.74. The van der Waals surface area contributed by atoms with Gasteiger partial charge in [-0.3, -0.25) is 14.7 Å². The number of piperidine rings is 1. The van der Waals surface area contributed by atoms with Crippen LogP contribution < -0.4 is 15.8 Å². The molecule has 1 saturated carbocycles. The molecule has 68 heavy (non-hydrogen) atoms. The first-order valence-corrected chi connectivity index (χ1v) is 24.2. The Balaban J connectivity index is 0.000000226. The van der Waals surface area contributed by atoms with E-state index in [9.17, 15) is 19.5 Å². The number of nitrogens with two attached hydrogens (primary N) is 1. The summed E-state index contributed by atoms with van der Waals surface area (Å²) in [5.74, 6) is 1.37. The first-order valence-electron chi connectivity index (χ1n) is 23.8. The van der Waals surface area contributed by atoms with E-state index in [1.165, 1.54) is 18.9 Å². The summed E-state index contributed by atoms with van der Waals surface area (Å²) >= 11 is 6.56. The highest BCUT2D eigenvalue weighted by atomic mass is 35.5. The highest BCUT2D eigenvalue weighted by molar-refractivity contribution is 6.34. The minimum atomic E-state index is -0.981. The number of hydrogen-bond donors (Lipinski definition) is 5. The quantitative estimate of drug-likeness (QED) is 0.0486. The number of amides is 2. The van der Waals surface area contributed by atoms with E-state index in [2.05, 4.69) is 42.6 Å². The number of hydrogen-bond acceptors (Lipinski definition) is 9. The second-order valence-corrected chi connectivity index (χ2v) is 18.0. The third kappa shape index (κ3) is 11.8. The number of ether oxygens (including phenoxy) is 2. The number of carboxylic acid groups (broad SMARTS) is 1. The molecule has 14 nitrogen and oxygen atoms in total. The fourth-order valence-corrected chi connectivity index (χ4v) is 9.28. The van der Waals surface area contributed by atoms with Crippen molar-refractivity contribution in [3.05, 3.63) is 120 Å². The average Bonchev–Trinajstić information content (AvgIpc) is 3.98. The van der Waals surface area contributed by atoms with Crippen molar-refractivity contribution in [2.75, 3.05) is 32.0 Å². The zero-order chi connectivity index (χ0) is 47.3. The lowest BCUT2D eigenvalue weighted by Gasteiger charge is -2.42. The van der Waals surface area contributed by atoms with Crippen LogP contribution in [0.2, 0.25) is 5.02 Å². The van der Waals surface area contributed by atoms with Gasteiger partial charge in [-0.1, -0.05) is 79.7 Å². The predicted octanol–water partition coefficient (Wildman–Crippen LogP) is 11.2. The van der Waals surface area contributed by atoms with Crippen molar-refractivity contribution in [1.82, 2.24) is 35.4 Å². The number of fused-ring (bicyclic) bond motifs is 2. The standard InChI is InChI=1S/C36H46ClN3O5.C17H13N5O/c37-31-24-32-29(30(25-39-32)35(43)44)23-28(31)26-13-15-27(16-14-26)36(17-10-18-36)45-22-19-38-33(41)11-6-3-1-2-4-7-12-34(42)40-20-8-5-9-21-40;18-16-14-15(21-22-17(14)20-10-19-16)11-6-8-13(9-7-11)23-12-4-2-1-3-5-12/h13-16,23-25,39H,1-12,17-22H2,(H,38,41)(H,43,44);1-10H,(H3,18,19,20,21,22). The molecule has 4 aromatic carbocycles. The van der Waals surface area contributed by atoms with Gasteiger partial charge in [-0.25, -0.2) is 14.8 Å². The minimum absolute atomic E-state index is 0.0695. The Kier molecular flexibility index (Phi) is 16.0. The number of carboxylic acids is 1. The average molecular weight is 940 g/mol. The first-order chi connectivity index (χ1) is 33.2. The second-order valence-electron chi connectivity index (χ2n) is 17.6. The summed E-state index contributed by atoms with van der Waals surface area (Å²) in [6, 6.07) is 29.1. The molecule has 0 atom stereocenters. The number of nitrogens with zero attached hydrogens (tertiary/aromatic N) is 4. The molecule has 1 saturated heterocycles. The van der Waals surface area contributed by atoms with Crippen LogP contribution >= 0.6 is 11.6 Å². The summed E-state index contributed by atoms with van der Waals surface area (Å²) in [4.78, 5) is 49.3. The van der Waals surface area contributed by atoms with E-state index < -0.39 is 5.97 Å². The summed E-state index contributed by atoms with van der Waals surface area (Å²) in [5.41, 5.74) is 11.6. The van der Waals surface area contributed by atoms with Crippen LogP contribution in [0.5, 0.6) is 11.5 Å². The fraction of sp³-hybridized carbons (Fsp3) is 0.358. The van der Waals surface area contributed by atoms with Crippen LogP contribution in [0.25, 0.3) is 44.3 Å². The van der Waals surface area contributed by atoms with Gasteiger partial charge in [-0.05, 0) is 111 Å². The zero-order valence-corrected chi connectivity index (χ0v) is 39.0. The van der Waals surface area contributed by atoms with Gasteiger partial charge >= 0.3 is 5.97 Å². The number of anilines is 1. The van der Waals surface area contributed by atoms with Crippen LogP contribution in [0.4, 0.5) is 5.82 Å². The number of carbonyl (C=O) groups is 3. The van der Waals surface area contributed by atoms with Crippen molar-refractivity contribution in [2.24, 2.45) is 0 Å². The second kappa shape index (κ2) is 22.8. The van der Waals surface area contributed by atoms with E-state index in [4.69, 9.17) is 26.8 Å². The molecule has 0 unspecified atom stereocenters. The molecule has 1 aliphatic heterocycles. The number of H-pyrrole nitrogens is 2. The molecule has 2 amide bonds. The van der Waals surface area contributed by atoms with Crippen molar-refractivity contribution < 1.29 is 29.0 Å². The molecule has 9 rings (SSSR count). The monoisotopic (exact) mass is 938 g/mol. The highest BCUT2D eigenvalue weighted by Gasteiger charge is 2.39. The summed E-state index contributed by atoms with van der Waals surface area (Å²) in [6.07, 6.45) is 16.8. The number of likely N-dealkylation sites (tertiary alicyclic amines) is 1. The third-order valence-corrected chi connectivity index (χ3v) is 13.3. The van der Waals surface area contributed by atoms with Crippen molar-refractivity contribution >= 4 is 57.1 Å². The maximum Gasteiger partial charge on any atom is 0.337 e. The Morgan fingerprint density at radius 1 is 0.809 bits per heavy atom. The zero-order valence-electron chi connectivity index (χ0n) is 38.3. The van der Waals surface area contributed by atoms with Gasteiger partial charge in [0, 0.05) is 60.7 Å². The molecule has 0 radical (unpaired) electrons. The van der Waals surface area contributed by atoms with E-state index in [0.29, 0.717) is 59.3 Å². The van der Waals surface area contributed by atoms with Crippen LogP contribution in [-0.2, 0) is 19.9 Å². The topological polar surface area (TPSA) is 201 Å². The molecule has 6 N–H and O–H groups in total. The molecular formula is C53H59ClN8O6. The number of aromatic amines is 2. The largest absolute Gasteiger partial charge is 0.478 e.